The second-order valence-electron chi connectivity index (χ2n) is 5.67. The molecule has 3 rings (SSSR count). The molecule has 0 saturated heterocycles. The molecule has 0 saturated carbocycles. The molecule has 20 heavy (non-hydrogen) atoms. The van der Waals surface area contributed by atoms with Gasteiger partial charge >= 0.3 is 0 Å². The summed E-state index contributed by atoms with van der Waals surface area (Å²) in [6.45, 7) is 6.47. The van der Waals surface area contributed by atoms with Crippen molar-refractivity contribution >= 4 is 15.9 Å². The Morgan fingerprint density at radius 3 is 2.55 bits per heavy atom. The van der Waals surface area contributed by atoms with Gasteiger partial charge < -0.3 is 4.74 Å². The Labute approximate surface area is 129 Å². The fourth-order valence-electron chi connectivity index (χ4n) is 2.99. The summed E-state index contributed by atoms with van der Waals surface area (Å²) in [6.07, 6.45) is 1.31. The highest BCUT2D eigenvalue weighted by atomic mass is 79.9. The van der Waals surface area contributed by atoms with Crippen LogP contribution in [0.5, 0.6) is 5.75 Å². The minimum Gasteiger partial charge on any atom is -0.490 e. The average molecular weight is 331 g/mol. The molecule has 2 atom stereocenters. The monoisotopic (exact) mass is 330 g/mol. The molecule has 0 aliphatic carbocycles. The Morgan fingerprint density at radius 2 is 1.85 bits per heavy atom. The number of halogens is 1. The van der Waals surface area contributed by atoms with E-state index in [1.165, 1.54) is 27.8 Å². The minimum absolute atomic E-state index is 0.241. The highest BCUT2D eigenvalue weighted by Gasteiger charge is 2.22. The molecule has 0 fully saturated rings. The van der Waals surface area contributed by atoms with Crippen molar-refractivity contribution in [3.05, 3.63) is 64.2 Å². The SMILES string of the molecule is Cc1cccc(C)c1C(Br)c1ccc2c(c1)CC(C)O2. The molecule has 0 bridgehead atoms. The normalized spacial score (nSPS) is 18.5. The molecule has 1 aliphatic rings. The van der Waals surface area contributed by atoms with Crippen molar-refractivity contribution in [3.63, 3.8) is 0 Å². The molecule has 2 aromatic rings. The van der Waals surface area contributed by atoms with Crippen LogP contribution in [0.3, 0.4) is 0 Å². The third kappa shape index (κ3) is 2.37. The van der Waals surface area contributed by atoms with Crippen LogP contribution in [0.4, 0.5) is 0 Å². The van der Waals surface area contributed by atoms with Crippen molar-refractivity contribution in [1.29, 1.82) is 0 Å². The molecule has 0 aromatic heterocycles. The second-order valence-corrected chi connectivity index (χ2v) is 6.58. The van der Waals surface area contributed by atoms with Crippen molar-refractivity contribution in [1.82, 2.24) is 0 Å². The summed E-state index contributed by atoms with van der Waals surface area (Å²) in [4.78, 5) is 0.241. The van der Waals surface area contributed by atoms with Crippen LogP contribution >= 0.6 is 15.9 Å². The van der Waals surface area contributed by atoms with Crippen LogP contribution in [0.25, 0.3) is 0 Å². The van der Waals surface area contributed by atoms with Gasteiger partial charge in [-0.15, -0.1) is 0 Å². The first kappa shape index (κ1) is 13.7. The van der Waals surface area contributed by atoms with Gasteiger partial charge in [-0.1, -0.05) is 46.3 Å². The highest BCUT2D eigenvalue weighted by molar-refractivity contribution is 9.09. The summed E-state index contributed by atoms with van der Waals surface area (Å²) < 4.78 is 5.78. The van der Waals surface area contributed by atoms with E-state index in [2.05, 4.69) is 73.1 Å². The number of benzene rings is 2. The van der Waals surface area contributed by atoms with Crippen molar-refractivity contribution in [3.8, 4) is 5.75 Å². The maximum Gasteiger partial charge on any atom is 0.123 e. The van der Waals surface area contributed by atoms with Crippen LogP contribution in [0.2, 0.25) is 0 Å². The summed E-state index contributed by atoms with van der Waals surface area (Å²) in [6, 6.07) is 13.0. The smallest absolute Gasteiger partial charge is 0.123 e. The molecular weight excluding hydrogens is 312 g/mol. The van der Waals surface area contributed by atoms with Crippen LogP contribution in [-0.2, 0) is 6.42 Å². The molecule has 2 unspecified atom stereocenters. The Hall–Kier alpha value is -1.28. The summed E-state index contributed by atoms with van der Waals surface area (Å²) in [5.41, 5.74) is 6.66. The van der Waals surface area contributed by atoms with Gasteiger partial charge in [-0.3, -0.25) is 0 Å². The van der Waals surface area contributed by atoms with Crippen molar-refractivity contribution < 1.29 is 4.74 Å². The minimum atomic E-state index is 0.241. The van der Waals surface area contributed by atoms with Gasteiger partial charge in [0.15, 0.2) is 0 Å². The second kappa shape index (κ2) is 5.25. The molecule has 0 radical (unpaired) electrons. The Balaban J connectivity index is 2.00. The lowest BCUT2D eigenvalue weighted by molar-refractivity contribution is 0.254. The van der Waals surface area contributed by atoms with Gasteiger partial charge in [0.2, 0.25) is 0 Å². The van der Waals surface area contributed by atoms with Crippen molar-refractivity contribution in [2.45, 2.75) is 38.1 Å². The lowest BCUT2D eigenvalue weighted by Crippen LogP contribution is -2.05. The first-order valence-corrected chi connectivity index (χ1v) is 7.97. The fraction of sp³-hybridized carbons (Fsp3) is 0.333. The summed E-state index contributed by atoms with van der Waals surface area (Å²) in [7, 11) is 0. The maximum absolute atomic E-state index is 5.78. The van der Waals surface area contributed by atoms with E-state index in [1.54, 1.807) is 0 Å². The number of hydrogen-bond donors (Lipinski definition) is 0. The summed E-state index contributed by atoms with van der Waals surface area (Å²) in [5, 5.41) is 0. The van der Waals surface area contributed by atoms with Crippen LogP contribution in [0, 0.1) is 13.8 Å². The van der Waals surface area contributed by atoms with Gasteiger partial charge in [0.05, 0.1) is 4.83 Å². The van der Waals surface area contributed by atoms with Gasteiger partial charge in [0.25, 0.3) is 0 Å². The lowest BCUT2D eigenvalue weighted by Gasteiger charge is -2.17. The molecular formula is C18H19BrO. The average Bonchev–Trinajstić information content (AvgIpc) is 2.77. The van der Waals surface area contributed by atoms with E-state index < -0.39 is 0 Å². The van der Waals surface area contributed by atoms with Crippen LogP contribution in [0.15, 0.2) is 36.4 Å². The molecule has 1 nitrogen and oxygen atoms in total. The summed E-state index contributed by atoms with van der Waals surface area (Å²) >= 11 is 3.88. The lowest BCUT2D eigenvalue weighted by atomic mass is 9.95. The van der Waals surface area contributed by atoms with Crippen LogP contribution in [-0.4, -0.2) is 6.10 Å². The first-order valence-electron chi connectivity index (χ1n) is 7.06. The molecule has 0 amide bonds. The van der Waals surface area contributed by atoms with Crippen molar-refractivity contribution in [2.75, 3.05) is 0 Å². The quantitative estimate of drug-likeness (QED) is 0.695. The van der Waals surface area contributed by atoms with Crippen molar-refractivity contribution in [2.24, 2.45) is 0 Å². The predicted molar refractivity (Wildman–Crippen MR) is 86.9 cm³/mol. The third-order valence-corrected chi connectivity index (χ3v) is 4.99. The number of fused-ring (bicyclic) bond motifs is 1. The predicted octanol–water partition coefficient (Wildman–Crippen LogP) is 5.11. The molecule has 2 aromatic carbocycles. The Morgan fingerprint density at radius 1 is 1.15 bits per heavy atom. The molecule has 0 N–H and O–H groups in total. The molecule has 1 heterocycles. The molecule has 1 aliphatic heterocycles. The van der Waals surface area contributed by atoms with Crippen LogP contribution < -0.4 is 4.74 Å². The number of hydrogen-bond acceptors (Lipinski definition) is 1. The zero-order chi connectivity index (χ0) is 14.3. The molecule has 0 spiro atoms. The summed E-state index contributed by atoms with van der Waals surface area (Å²) in [5.74, 6) is 1.04. The third-order valence-electron chi connectivity index (χ3n) is 4.01. The van der Waals surface area contributed by atoms with Gasteiger partial charge in [-0.25, -0.2) is 0 Å². The maximum atomic E-state index is 5.78. The first-order chi connectivity index (χ1) is 9.56. The van der Waals surface area contributed by atoms with Gasteiger partial charge in [-0.2, -0.15) is 0 Å². The van der Waals surface area contributed by atoms with E-state index in [-0.39, 0.29) is 4.83 Å². The number of aryl methyl sites for hydroxylation is 2. The largest absolute Gasteiger partial charge is 0.490 e. The van der Waals surface area contributed by atoms with E-state index in [0.717, 1.165) is 12.2 Å². The zero-order valence-corrected chi connectivity index (χ0v) is 13.7. The fourth-order valence-corrected chi connectivity index (χ4v) is 4.00. The van der Waals surface area contributed by atoms with Gasteiger partial charge in [-0.05, 0) is 54.7 Å². The van der Waals surface area contributed by atoms with E-state index in [1.807, 2.05) is 0 Å². The number of rotatable bonds is 2. The highest BCUT2D eigenvalue weighted by Crippen LogP contribution is 2.38. The standard InChI is InChI=1S/C18H19BrO/c1-11-5-4-6-12(2)17(11)18(19)14-7-8-16-15(10-14)9-13(3)20-16/h4-8,10,13,18H,9H2,1-3H3. The van der Waals surface area contributed by atoms with E-state index in [9.17, 15) is 0 Å². The van der Waals surface area contributed by atoms with E-state index >= 15 is 0 Å². The topological polar surface area (TPSA) is 9.23 Å². The van der Waals surface area contributed by atoms with E-state index in [4.69, 9.17) is 4.74 Å². The zero-order valence-electron chi connectivity index (χ0n) is 12.1. The van der Waals surface area contributed by atoms with Gasteiger partial charge in [0.1, 0.15) is 11.9 Å². The number of alkyl halides is 1. The molecule has 2 heteroatoms. The van der Waals surface area contributed by atoms with Crippen LogP contribution in [0.1, 0.15) is 39.6 Å². The number of ether oxygens (including phenoxy) is 1. The van der Waals surface area contributed by atoms with E-state index in [0.29, 0.717) is 6.10 Å². The van der Waals surface area contributed by atoms with Gasteiger partial charge in [0, 0.05) is 6.42 Å². The Kier molecular flexibility index (Phi) is 3.59. The molecule has 104 valence electrons. The Bertz CT molecular complexity index is 628.